The summed E-state index contributed by atoms with van der Waals surface area (Å²) in [5, 5.41) is 3.43. The number of hydrogen-bond donors (Lipinski definition) is 2. The molecule has 5 nitrogen and oxygen atoms in total. The molecule has 2 heterocycles. The van der Waals surface area contributed by atoms with Gasteiger partial charge >= 0.3 is 0 Å². The lowest BCUT2D eigenvalue weighted by atomic mass is 10.1. The summed E-state index contributed by atoms with van der Waals surface area (Å²) in [4.78, 5) is 18.0. The number of primary amides is 1. The number of amides is 1. The van der Waals surface area contributed by atoms with Crippen LogP contribution in [0.15, 0.2) is 48.8 Å². The van der Waals surface area contributed by atoms with E-state index in [2.05, 4.69) is 27.3 Å². The van der Waals surface area contributed by atoms with E-state index in [0.717, 1.165) is 38.3 Å². The van der Waals surface area contributed by atoms with E-state index in [4.69, 9.17) is 5.73 Å². The SMILES string of the molecule is NC(=O)c1cccc(CN(Cc2cccnc2)CC2CCNC2)c1. The molecule has 1 aromatic carbocycles. The first-order chi connectivity index (χ1) is 11.7. The average Bonchev–Trinajstić information content (AvgIpc) is 3.09. The van der Waals surface area contributed by atoms with Crippen molar-refractivity contribution in [2.75, 3.05) is 19.6 Å². The Bertz CT molecular complexity index is 668. The first-order valence-electron chi connectivity index (χ1n) is 8.41. The highest BCUT2D eigenvalue weighted by atomic mass is 16.1. The number of nitrogens with two attached hydrogens (primary N) is 1. The molecule has 24 heavy (non-hydrogen) atoms. The fourth-order valence-electron chi connectivity index (χ4n) is 3.25. The summed E-state index contributed by atoms with van der Waals surface area (Å²) in [6.07, 6.45) is 4.93. The highest BCUT2D eigenvalue weighted by Gasteiger charge is 2.19. The average molecular weight is 324 g/mol. The fourth-order valence-corrected chi connectivity index (χ4v) is 3.25. The van der Waals surface area contributed by atoms with Crippen LogP contribution in [0.2, 0.25) is 0 Å². The summed E-state index contributed by atoms with van der Waals surface area (Å²) in [6, 6.07) is 11.7. The molecule has 1 unspecified atom stereocenters. The minimum atomic E-state index is -0.379. The summed E-state index contributed by atoms with van der Waals surface area (Å²) in [5.74, 6) is 0.289. The molecule has 3 rings (SSSR count). The standard InChI is InChI=1S/C19H24N4O/c20-19(24)18-5-1-3-15(9-18)12-23(14-17-6-8-22-11-17)13-16-4-2-7-21-10-16/h1-5,7,9-10,17,22H,6,8,11-14H2,(H2,20,24). The number of carbonyl (C=O) groups excluding carboxylic acids is 1. The molecule has 1 amide bonds. The maximum absolute atomic E-state index is 11.4. The van der Waals surface area contributed by atoms with Crippen molar-refractivity contribution < 1.29 is 4.79 Å². The van der Waals surface area contributed by atoms with Crippen LogP contribution >= 0.6 is 0 Å². The van der Waals surface area contributed by atoms with Gasteiger partial charge in [0, 0.05) is 37.6 Å². The number of nitrogens with zero attached hydrogens (tertiary/aromatic N) is 2. The zero-order valence-corrected chi connectivity index (χ0v) is 13.8. The molecule has 0 bridgehead atoms. The van der Waals surface area contributed by atoms with Gasteiger partial charge < -0.3 is 11.1 Å². The molecular formula is C19H24N4O. The highest BCUT2D eigenvalue weighted by Crippen LogP contribution is 2.16. The molecule has 1 aliphatic heterocycles. The minimum absolute atomic E-state index is 0.379. The molecule has 126 valence electrons. The summed E-state index contributed by atoms with van der Waals surface area (Å²) in [7, 11) is 0. The zero-order chi connectivity index (χ0) is 16.8. The van der Waals surface area contributed by atoms with E-state index < -0.39 is 0 Å². The monoisotopic (exact) mass is 324 g/mol. The topological polar surface area (TPSA) is 71.2 Å². The molecule has 2 aromatic rings. The number of hydrogen-bond acceptors (Lipinski definition) is 4. The first kappa shape index (κ1) is 16.6. The van der Waals surface area contributed by atoms with E-state index in [-0.39, 0.29) is 5.91 Å². The van der Waals surface area contributed by atoms with Crippen LogP contribution in [-0.4, -0.2) is 35.4 Å². The Morgan fingerprint density at radius 1 is 1.25 bits per heavy atom. The van der Waals surface area contributed by atoms with Gasteiger partial charge in [-0.05, 0) is 54.8 Å². The van der Waals surface area contributed by atoms with Crippen LogP contribution in [0.5, 0.6) is 0 Å². The van der Waals surface area contributed by atoms with Crippen molar-refractivity contribution in [2.45, 2.75) is 19.5 Å². The maximum atomic E-state index is 11.4. The van der Waals surface area contributed by atoms with E-state index in [0.29, 0.717) is 11.5 Å². The lowest BCUT2D eigenvalue weighted by Crippen LogP contribution is -2.30. The van der Waals surface area contributed by atoms with Crippen LogP contribution in [0.25, 0.3) is 0 Å². The normalized spacial score (nSPS) is 17.3. The number of rotatable bonds is 7. The molecule has 5 heteroatoms. The molecule has 1 aliphatic rings. The van der Waals surface area contributed by atoms with E-state index in [1.165, 1.54) is 12.0 Å². The molecule has 0 saturated carbocycles. The quantitative estimate of drug-likeness (QED) is 0.814. The van der Waals surface area contributed by atoms with Crippen molar-refractivity contribution in [3.63, 3.8) is 0 Å². The zero-order valence-electron chi connectivity index (χ0n) is 13.8. The van der Waals surface area contributed by atoms with E-state index >= 15 is 0 Å². The second kappa shape index (κ2) is 8.04. The third kappa shape index (κ3) is 4.63. The Morgan fingerprint density at radius 2 is 2.08 bits per heavy atom. The van der Waals surface area contributed by atoms with Gasteiger partial charge in [0.05, 0.1) is 0 Å². The Kier molecular flexibility index (Phi) is 5.56. The highest BCUT2D eigenvalue weighted by molar-refractivity contribution is 5.92. The number of nitrogens with one attached hydrogen (secondary N) is 1. The van der Waals surface area contributed by atoms with Gasteiger partial charge in [-0.25, -0.2) is 0 Å². The molecule has 0 radical (unpaired) electrons. The van der Waals surface area contributed by atoms with Crippen LogP contribution < -0.4 is 11.1 Å². The fraction of sp³-hybridized carbons (Fsp3) is 0.368. The number of carbonyl (C=O) groups is 1. The number of aromatic nitrogens is 1. The van der Waals surface area contributed by atoms with Gasteiger partial charge in [0.15, 0.2) is 0 Å². The Hall–Kier alpha value is -2.24. The number of benzene rings is 1. The predicted molar refractivity (Wildman–Crippen MR) is 94.3 cm³/mol. The van der Waals surface area contributed by atoms with E-state index in [1.54, 1.807) is 12.3 Å². The van der Waals surface area contributed by atoms with Gasteiger partial charge in [0.1, 0.15) is 0 Å². The lowest BCUT2D eigenvalue weighted by Gasteiger charge is -2.25. The molecule has 1 aromatic heterocycles. The second-order valence-corrected chi connectivity index (χ2v) is 6.45. The van der Waals surface area contributed by atoms with Crippen molar-refractivity contribution in [3.05, 3.63) is 65.5 Å². The Morgan fingerprint density at radius 3 is 2.79 bits per heavy atom. The van der Waals surface area contributed by atoms with Crippen molar-refractivity contribution in [1.29, 1.82) is 0 Å². The number of pyridine rings is 1. The van der Waals surface area contributed by atoms with Crippen molar-refractivity contribution in [2.24, 2.45) is 11.7 Å². The van der Waals surface area contributed by atoms with Gasteiger partial charge in [0.25, 0.3) is 0 Å². The molecule has 0 aliphatic carbocycles. The summed E-state index contributed by atoms with van der Waals surface area (Å²) in [5.41, 5.74) is 8.28. The third-order valence-corrected chi connectivity index (χ3v) is 4.43. The van der Waals surface area contributed by atoms with Crippen LogP contribution in [-0.2, 0) is 13.1 Å². The van der Waals surface area contributed by atoms with Crippen LogP contribution in [0.4, 0.5) is 0 Å². The first-order valence-corrected chi connectivity index (χ1v) is 8.41. The van der Waals surface area contributed by atoms with Crippen molar-refractivity contribution in [1.82, 2.24) is 15.2 Å². The molecule has 3 N–H and O–H groups in total. The minimum Gasteiger partial charge on any atom is -0.366 e. The smallest absolute Gasteiger partial charge is 0.248 e. The predicted octanol–water partition coefficient (Wildman–Crippen LogP) is 1.79. The van der Waals surface area contributed by atoms with Crippen LogP contribution in [0.3, 0.4) is 0 Å². The van der Waals surface area contributed by atoms with Crippen LogP contribution in [0, 0.1) is 5.92 Å². The van der Waals surface area contributed by atoms with Gasteiger partial charge in [-0.1, -0.05) is 18.2 Å². The van der Waals surface area contributed by atoms with Crippen molar-refractivity contribution in [3.8, 4) is 0 Å². The van der Waals surface area contributed by atoms with Gasteiger partial charge in [-0.15, -0.1) is 0 Å². The summed E-state index contributed by atoms with van der Waals surface area (Å²) >= 11 is 0. The summed E-state index contributed by atoms with van der Waals surface area (Å²) < 4.78 is 0. The largest absolute Gasteiger partial charge is 0.366 e. The van der Waals surface area contributed by atoms with Gasteiger partial charge in [-0.2, -0.15) is 0 Å². The lowest BCUT2D eigenvalue weighted by molar-refractivity contribution is 0.1000. The van der Waals surface area contributed by atoms with E-state index in [9.17, 15) is 4.79 Å². The van der Waals surface area contributed by atoms with E-state index in [1.807, 2.05) is 24.4 Å². The van der Waals surface area contributed by atoms with Crippen LogP contribution in [0.1, 0.15) is 27.9 Å². The third-order valence-electron chi connectivity index (χ3n) is 4.43. The Labute approximate surface area is 142 Å². The maximum Gasteiger partial charge on any atom is 0.248 e. The molecular weight excluding hydrogens is 300 g/mol. The van der Waals surface area contributed by atoms with Gasteiger partial charge in [0.2, 0.25) is 5.91 Å². The molecule has 1 fully saturated rings. The Balaban J connectivity index is 1.73. The van der Waals surface area contributed by atoms with Crippen molar-refractivity contribution >= 4 is 5.91 Å². The molecule has 0 spiro atoms. The van der Waals surface area contributed by atoms with Gasteiger partial charge in [-0.3, -0.25) is 14.7 Å². The summed E-state index contributed by atoms with van der Waals surface area (Å²) in [6.45, 7) is 4.85. The second-order valence-electron chi connectivity index (χ2n) is 6.45. The molecule has 1 atom stereocenters. The molecule has 1 saturated heterocycles.